The van der Waals surface area contributed by atoms with E-state index >= 15 is 0 Å². The SMILES string of the molecule is CCOc1ccccc1CNC(=O)CCNC. The number of carbonyl (C=O) groups is 1. The maximum atomic E-state index is 11.5. The molecule has 0 atom stereocenters. The second-order valence-electron chi connectivity index (χ2n) is 3.67. The fraction of sp³-hybridized carbons (Fsp3) is 0.462. The van der Waals surface area contributed by atoms with Crippen molar-refractivity contribution in [3.63, 3.8) is 0 Å². The lowest BCUT2D eigenvalue weighted by Crippen LogP contribution is -2.26. The molecule has 1 aromatic carbocycles. The lowest BCUT2D eigenvalue weighted by Gasteiger charge is -2.10. The van der Waals surface area contributed by atoms with Crippen LogP contribution < -0.4 is 15.4 Å². The minimum atomic E-state index is 0.0469. The first-order chi connectivity index (χ1) is 8.27. The van der Waals surface area contributed by atoms with E-state index in [4.69, 9.17) is 4.74 Å². The maximum Gasteiger partial charge on any atom is 0.221 e. The minimum Gasteiger partial charge on any atom is -0.494 e. The number of rotatable bonds is 7. The molecule has 0 aromatic heterocycles. The summed E-state index contributed by atoms with van der Waals surface area (Å²) in [5.74, 6) is 0.884. The van der Waals surface area contributed by atoms with E-state index in [0.29, 0.717) is 26.1 Å². The van der Waals surface area contributed by atoms with Gasteiger partial charge in [0.15, 0.2) is 0 Å². The standard InChI is InChI=1S/C13H20N2O2/c1-3-17-12-7-5-4-6-11(12)10-15-13(16)8-9-14-2/h4-7,14H,3,8-10H2,1-2H3,(H,15,16). The minimum absolute atomic E-state index is 0.0469. The van der Waals surface area contributed by atoms with Gasteiger partial charge in [0.05, 0.1) is 6.61 Å². The summed E-state index contributed by atoms with van der Waals surface area (Å²) in [6, 6.07) is 7.75. The highest BCUT2D eigenvalue weighted by atomic mass is 16.5. The van der Waals surface area contributed by atoms with Crippen LogP contribution in [0.3, 0.4) is 0 Å². The topological polar surface area (TPSA) is 50.4 Å². The summed E-state index contributed by atoms with van der Waals surface area (Å²) in [6.07, 6.45) is 0.493. The maximum absolute atomic E-state index is 11.5. The zero-order chi connectivity index (χ0) is 12.5. The molecule has 0 heterocycles. The summed E-state index contributed by atoms with van der Waals surface area (Å²) in [7, 11) is 1.83. The molecule has 0 unspecified atom stereocenters. The number of para-hydroxylation sites is 1. The molecule has 1 aromatic rings. The van der Waals surface area contributed by atoms with Gasteiger partial charge in [0, 0.05) is 25.1 Å². The number of hydrogen-bond donors (Lipinski definition) is 2. The largest absolute Gasteiger partial charge is 0.494 e. The predicted molar refractivity (Wildman–Crippen MR) is 68.0 cm³/mol. The van der Waals surface area contributed by atoms with E-state index in [1.807, 2.05) is 38.2 Å². The first kappa shape index (κ1) is 13.5. The van der Waals surface area contributed by atoms with Gasteiger partial charge < -0.3 is 15.4 Å². The lowest BCUT2D eigenvalue weighted by molar-refractivity contribution is -0.121. The third kappa shape index (κ3) is 4.87. The third-order valence-corrected chi connectivity index (χ3v) is 2.35. The molecule has 4 heteroatoms. The molecular formula is C13H20N2O2. The molecule has 0 aliphatic carbocycles. The first-order valence-corrected chi connectivity index (χ1v) is 5.90. The number of benzene rings is 1. The van der Waals surface area contributed by atoms with Crippen LogP contribution in [-0.4, -0.2) is 26.1 Å². The smallest absolute Gasteiger partial charge is 0.221 e. The van der Waals surface area contributed by atoms with Crippen molar-refractivity contribution in [1.29, 1.82) is 0 Å². The number of ether oxygens (including phenoxy) is 1. The molecule has 4 nitrogen and oxygen atoms in total. The highest BCUT2D eigenvalue weighted by Crippen LogP contribution is 2.17. The van der Waals surface area contributed by atoms with Crippen LogP contribution in [0.1, 0.15) is 18.9 Å². The van der Waals surface area contributed by atoms with Crippen molar-refractivity contribution >= 4 is 5.91 Å². The highest BCUT2D eigenvalue weighted by molar-refractivity contribution is 5.76. The Labute approximate surface area is 102 Å². The molecule has 0 fully saturated rings. The van der Waals surface area contributed by atoms with Crippen molar-refractivity contribution in [3.8, 4) is 5.75 Å². The van der Waals surface area contributed by atoms with Gasteiger partial charge in [-0.3, -0.25) is 4.79 Å². The quantitative estimate of drug-likeness (QED) is 0.750. The Kier molecular flexibility index (Phi) is 6.10. The van der Waals surface area contributed by atoms with E-state index in [-0.39, 0.29) is 5.91 Å². The summed E-state index contributed by atoms with van der Waals surface area (Å²) in [6.45, 7) is 3.78. The fourth-order valence-corrected chi connectivity index (χ4v) is 1.47. The second-order valence-corrected chi connectivity index (χ2v) is 3.67. The van der Waals surface area contributed by atoms with Crippen LogP contribution in [0.15, 0.2) is 24.3 Å². The Balaban J connectivity index is 2.47. The summed E-state index contributed by atoms with van der Waals surface area (Å²) in [4.78, 5) is 11.5. The third-order valence-electron chi connectivity index (χ3n) is 2.35. The summed E-state index contributed by atoms with van der Waals surface area (Å²) in [5, 5.41) is 5.82. The van der Waals surface area contributed by atoms with Crippen LogP contribution >= 0.6 is 0 Å². The zero-order valence-electron chi connectivity index (χ0n) is 10.5. The van der Waals surface area contributed by atoms with E-state index in [0.717, 1.165) is 11.3 Å². The van der Waals surface area contributed by atoms with Crippen molar-refractivity contribution in [3.05, 3.63) is 29.8 Å². The molecule has 0 aliphatic rings. The number of nitrogens with one attached hydrogen (secondary N) is 2. The zero-order valence-corrected chi connectivity index (χ0v) is 10.5. The van der Waals surface area contributed by atoms with Crippen molar-refractivity contribution in [1.82, 2.24) is 10.6 Å². The van der Waals surface area contributed by atoms with Gasteiger partial charge in [-0.05, 0) is 20.0 Å². The van der Waals surface area contributed by atoms with Gasteiger partial charge in [0.2, 0.25) is 5.91 Å². The molecule has 0 bridgehead atoms. The summed E-state index contributed by atoms with van der Waals surface area (Å²) in [5.41, 5.74) is 1.01. The van der Waals surface area contributed by atoms with Gasteiger partial charge in [-0.15, -0.1) is 0 Å². The molecular weight excluding hydrogens is 216 g/mol. The Morgan fingerprint density at radius 2 is 2.12 bits per heavy atom. The lowest BCUT2D eigenvalue weighted by atomic mass is 10.2. The van der Waals surface area contributed by atoms with Crippen LogP contribution in [0.2, 0.25) is 0 Å². The first-order valence-electron chi connectivity index (χ1n) is 5.90. The molecule has 0 saturated carbocycles. The summed E-state index contributed by atoms with van der Waals surface area (Å²) >= 11 is 0. The van der Waals surface area contributed by atoms with Crippen LogP contribution in [0.25, 0.3) is 0 Å². The predicted octanol–water partition coefficient (Wildman–Crippen LogP) is 1.31. The van der Waals surface area contributed by atoms with E-state index in [1.54, 1.807) is 0 Å². The molecule has 94 valence electrons. The van der Waals surface area contributed by atoms with E-state index < -0.39 is 0 Å². The van der Waals surface area contributed by atoms with Crippen molar-refractivity contribution in [2.75, 3.05) is 20.2 Å². The van der Waals surface area contributed by atoms with Gasteiger partial charge in [0.1, 0.15) is 5.75 Å². The van der Waals surface area contributed by atoms with Crippen LogP contribution in [0, 0.1) is 0 Å². The van der Waals surface area contributed by atoms with Gasteiger partial charge in [-0.1, -0.05) is 18.2 Å². The van der Waals surface area contributed by atoms with Crippen molar-refractivity contribution in [2.24, 2.45) is 0 Å². The van der Waals surface area contributed by atoms with E-state index in [9.17, 15) is 4.79 Å². The van der Waals surface area contributed by atoms with Crippen LogP contribution in [0.5, 0.6) is 5.75 Å². The average molecular weight is 236 g/mol. The Bertz CT molecular complexity index is 353. The second kappa shape index (κ2) is 7.68. The van der Waals surface area contributed by atoms with Gasteiger partial charge in [-0.25, -0.2) is 0 Å². The summed E-state index contributed by atoms with van der Waals surface area (Å²) < 4.78 is 5.49. The average Bonchev–Trinajstić information content (AvgIpc) is 2.35. The Morgan fingerprint density at radius 1 is 1.35 bits per heavy atom. The number of hydrogen-bond acceptors (Lipinski definition) is 3. The molecule has 0 aliphatic heterocycles. The van der Waals surface area contributed by atoms with Gasteiger partial charge in [-0.2, -0.15) is 0 Å². The monoisotopic (exact) mass is 236 g/mol. The van der Waals surface area contributed by atoms with E-state index in [1.165, 1.54) is 0 Å². The van der Waals surface area contributed by atoms with Crippen LogP contribution in [0.4, 0.5) is 0 Å². The van der Waals surface area contributed by atoms with Crippen molar-refractivity contribution < 1.29 is 9.53 Å². The molecule has 1 amide bonds. The molecule has 2 N–H and O–H groups in total. The van der Waals surface area contributed by atoms with Gasteiger partial charge >= 0.3 is 0 Å². The van der Waals surface area contributed by atoms with E-state index in [2.05, 4.69) is 10.6 Å². The normalized spacial score (nSPS) is 10.0. The fourth-order valence-electron chi connectivity index (χ4n) is 1.47. The molecule has 0 spiro atoms. The molecule has 0 radical (unpaired) electrons. The molecule has 17 heavy (non-hydrogen) atoms. The molecule has 0 saturated heterocycles. The highest BCUT2D eigenvalue weighted by Gasteiger charge is 2.04. The van der Waals surface area contributed by atoms with Crippen LogP contribution in [-0.2, 0) is 11.3 Å². The molecule has 1 rings (SSSR count). The van der Waals surface area contributed by atoms with Gasteiger partial charge in [0.25, 0.3) is 0 Å². The Hall–Kier alpha value is -1.55. The number of amides is 1. The Morgan fingerprint density at radius 3 is 2.82 bits per heavy atom. The van der Waals surface area contributed by atoms with Crippen molar-refractivity contribution in [2.45, 2.75) is 19.9 Å². The number of carbonyl (C=O) groups excluding carboxylic acids is 1.